The van der Waals surface area contributed by atoms with Crippen molar-refractivity contribution < 1.29 is 13.6 Å². The Morgan fingerprint density at radius 1 is 1.29 bits per heavy atom. The van der Waals surface area contributed by atoms with Crippen molar-refractivity contribution in [1.29, 1.82) is 0 Å². The number of amides is 1. The van der Waals surface area contributed by atoms with E-state index in [9.17, 15) is 18.4 Å². The molecule has 1 aromatic carbocycles. The molecule has 2 aromatic rings. The standard InChI is InChI=1S/C17H19F2N3O2/c1-9(4-5-12-6-7-13(18)14(19)8-12)20-16(23)15-10(2)11(3)21-22-17(15)24/h6-9H,4-5H2,1-3H3,(H,20,23)(H,22,24). The first-order valence-corrected chi connectivity index (χ1v) is 7.60. The van der Waals surface area contributed by atoms with E-state index >= 15 is 0 Å². The van der Waals surface area contributed by atoms with Crippen molar-refractivity contribution in [3.05, 3.63) is 62.6 Å². The molecule has 2 N–H and O–H groups in total. The van der Waals surface area contributed by atoms with Crippen LogP contribution >= 0.6 is 0 Å². The predicted molar refractivity (Wildman–Crippen MR) is 85.9 cm³/mol. The minimum atomic E-state index is -0.890. The van der Waals surface area contributed by atoms with E-state index in [0.717, 1.165) is 12.1 Å². The minimum Gasteiger partial charge on any atom is -0.349 e. The van der Waals surface area contributed by atoms with E-state index in [1.807, 2.05) is 0 Å². The number of carbonyl (C=O) groups excluding carboxylic acids is 1. The summed E-state index contributed by atoms with van der Waals surface area (Å²) in [6.45, 7) is 5.16. The number of hydrogen-bond acceptors (Lipinski definition) is 3. The zero-order chi connectivity index (χ0) is 17.9. The molecular weight excluding hydrogens is 316 g/mol. The highest BCUT2D eigenvalue weighted by Crippen LogP contribution is 2.12. The third kappa shape index (κ3) is 4.04. The molecule has 0 aliphatic carbocycles. The molecule has 1 heterocycles. The second-order valence-corrected chi connectivity index (χ2v) is 5.80. The van der Waals surface area contributed by atoms with Crippen LogP contribution in [0.15, 0.2) is 23.0 Å². The van der Waals surface area contributed by atoms with Crippen LogP contribution in [0.4, 0.5) is 8.78 Å². The Morgan fingerprint density at radius 3 is 2.67 bits per heavy atom. The van der Waals surface area contributed by atoms with Gasteiger partial charge in [0, 0.05) is 6.04 Å². The number of nitrogens with one attached hydrogen (secondary N) is 2. The van der Waals surface area contributed by atoms with Crippen molar-refractivity contribution in [3.63, 3.8) is 0 Å². The summed E-state index contributed by atoms with van der Waals surface area (Å²) >= 11 is 0. The summed E-state index contributed by atoms with van der Waals surface area (Å²) in [7, 11) is 0. The number of hydrogen-bond donors (Lipinski definition) is 2. The Hall–Kier alpha value is -2.57. The van der Waals surface area contributed by atoms with Gasteiger partial charge in [0.05, 0.1) is 5.69 Å². The van der Waals surface area contributed by atoms with Crippen molar-refractivity contribution >= 4 is 5.91 Å². The van der Waals surface area contributed by atoms with Crippen LogP contribution in [-0.4, -0.2) is 22.1 Å². The Balaban J connectivity index is 2.01. The number of halogens is 2. The van der Waals surface area contributed by atoms with Crippen LogP contribution in [0.2, 0.25) is 0 Å². The molecule has 1 amide bonds. The van der Waals surface area contributed by atoms with Crippen LogP contribution in [0.1, 0.15) is 40.5 Å². The van der Waals surface area contributed by atoms with E-state index in [1.165, 1.54) is 6.07 Å². The summed E-state index contributed by atoms with van der Waals surface area (Å²) in [5.41, 5.74) is 1.26. The molecule has 24 heavy (non-hydrogen) atoms. The van der Waals surface area contributed by atoms with E-state index in [-0.39, 0.29) is 11.6 Å². The summed E-state index contributed by atoms with van der Waals surface area (Å²) in [5, 5.41) is 8.84. The lowest BCUT2D eigenvalue weighted by molar-refractivity contribution is 0.0936. The average Bonchev–Trinajstić information content (AvgIpc) is 2.52. The number of benzene rings is 1. The molecule has 1 unspecified atom stereocenters. The summed E-state index contributed by atoms with van der Waals surface area (Å²) in [4.78, 5) is 24.1. The first-order chi connectivity index (χ1) is 11.3. The Bertz CT molecular complexity index is 818. The summed E-state index contributed by atoms with van der Waals surface area (Å²) in [6.07, 6.45) is 1.00. The number of aromatic nitrogens is 2. The lowest BCUT2D eigenvalue weighted by atomic mass is 10.0. The lowest BCUT2D eigenvalue weighted by Gasteiger charge is -2.15. The van der Waals surface area contributed by atoms with Crippen molar-refractivity contribution in [2.75, 3.05) is 0 Å². The molecule has 1 atom stereocenters. The molecule has 0 spiro atoms. The van der Waals surface area contributed by atoms with Gasteiger partial charge in [0.25, 0.3) is 11.5 Å². The molecule has 0 aliphatic rings. The van der Waals surface area contributed by atoms with Crippen molar-refractivity contribution in [2.45, 2.75) is 39.7 Å². The maximum absolute atomic E-state index is 13.2. The number of nitrogens with zero attached hydrogens (tertiary/aromatic N) is 1. The van der Waals surface area contributed by atoms with Gasteiger partial charge in [0.15, 0.2) is 11.6 Å². The molecule has 0 saturated carbocycles. The van der Waals surface area contributed by atoms with Crippen LogP contribution < -0.4 is 10.9 Å². The lowest BCUT2D eigenvalue weighted by Crippen LogP contribution is -2.37. The van der Waals surface area contributed by atoms with E-state index in [2.05, 4.69) is 15.5 Å². The fourth-order valence-electron chi connectivity index (χ4n) is 2.35. The van der Waals surface area contributed by atoms with Crippen molar-refractivity contribution in [3.8, 4) is 0 Å². The minimum absolute atomic E-state index is 0.0437. The molecular formula is C17H19F2N3O2. The quantitative estimate of drug-likeness (QED) is 0.881. The highest BCUT2D eigenvalue weighted by Gasteiger charge is 2.18. The van der Waals surface area contributed by atoms with Gasteiger partial charge in [-0.2, -0.15) is 5.10 Å². The Morgan fingerprint density at radius 2 is 2.00 bits per heavy atom. The maximum Gasteiger partial charge on any atom is 0.277 e. The van der Waals surface area contributed by atoms with Gasteiger partial charge >= 0.3 is 0 Å². The molecule has 0 radical (unpaired) electrons. The fourth-order valence-corrected chi connectivity index (χ4v) is 2.35. The molecule has 2 rings (SSSR count). The number of aryl methyl sites for hydroxylation is 2. The monoisotopic (exact) mass is 335 g/mol. The Labute approximate surface area is 138 Å². The zero-order valence-corrected chi connectivity index (χ0v) is 13.7. The van der Waals surface area contributed by atoms with Crippen LogP contribution in [0.5, 0.6) is 0 Å². The number of aromatic amines is 1. The molecule has 5 nitrogen and oxygen atoms in total. The number of carbonyl (C=O) groups is 1. The summed E-state index contributed by atoms with van der Waals surface area (Å²) in [5.74, 6) is -2.25. The van der Waals surface area contributed by atoms with Gasteiger partial charge < -0.3 is 5.32 Å². The second-order valence-electron chi connectivity index (χ2n) is 5.80. The van der Waals surface area contributed by atoms with E-state index in [1.54, 1.807) is 20.8 Å². The largest absolute Gasteiger partial charge is 0.349 e. The van der Waals surface area contributed by atoms with Crippen LogP contribution in [-0.2, 0) is 6.42 Å². The summed E-state index contributed by atoms with van der Waals surface area (Å²) in [6, 6.07) is 3.49. The van der Waals surface area contributed by atoms with E-state index in [0.29, 0.717) is 29.7 Å². The van der Waals surface area contributed by atoms with Gasteiger partial charge in [-0.15, -0.1) is 0 Å². The van der Waals surface area contributed by atoms with Gasteiger partial charge in [-0.25, -0.2) is 13.9 Å². The van der Waals surface area contributed by atoms with Gasteiger partial charge in [-0.3, -0.25) is 9.59 Å². The van der Waals surface area contributed by atoms with Gasteiger partial charge in [-0.05, 0) is 56.9 Å². The molecule has 7 heteroatoms. The molecule has 0 bridgehead atoms. The Kier molecular flexibility index (Phi) is 5.43. The van der Waals surface area contributed by atoms with Crippen molar-refractivity contribution in [1.82, 2.24) is 15.5 Å². The first kappa shape index (κ1) is 17.8. The van der Waals surface area contributed by atoms with Gasteiger partial charge in [0.1, 0.15) is 5.56 Å². The highest BCUT2D eigenvalue weighted by atomic mass is 19.2. The smallest absolute Gasteiger partial charge is 0.277 e. The van der Waals surface area contributed by atoms with Gasteiger partial charge in [-0.1, -0.05) is 6.07 Å². The van der Waals surface area contributed by atoms with E-state index < -0.39 is 23.1 Å². The maximum atomic E-state index is 13.2. The third-order valence-electron chi connectivity index (χ3n) is 3.92. The van der Waals surface area contributed by atoms with Gasteiger partial charge in [0.2, 0.25) is 0 Å². The highest BCUT2D eigenvalue weighted by molar-refractivity contribution is 5.95. The van der Waals surface area contributed by atoms with Crippen LogP contribution in [0.25, 0.3) is 0 Å². The summed E-state index contributed by atoms with van der Waals surface area (Å²) < 4.78 is 26.1. The predicted octanol–water partition coefficient (Wildman–Crippen LogP) is 2.42. The SMILES string of the molecule is Cc1n[nH]c(=O)c(C(=O)NC(C)CCc2ccc(F)c(F)c2)c1C. The fraction of sp³-hybridized carbons (Fsp3) is 0.353. The van der Waals surface area contributed by atoms with Crippen LogP contribution in [0, 0.1) is 25.5 Å². The van der Waals surface area contributed by atoms with E-state index in [4.69, 9.17) is 0 Å². The molecule has 1 aromatic heterocycles. The normalized spacial score (nSPS) is 12.0. The average molecular weight is 335 g/mol. The second kappa shape index (κ2) is 7.33. The van der Waals surface area contributed by atoms with Crippen LogP contribution in [0.3, 0.4) is 0 Å². The topological polar surface area (TPSA) is 74.8 Å². The molecule has 128 valence electrons. The molecule has 0 saturated heterocycles. The first-order valence-electron chi connectivity index (χ1n) is 7.60. The number of H-pyrrole nitrogens is 1. The molecule has 0 aliphatic heterocycles. The number of rotatable bonds is 5. The molecule has 0 fully saturated rings. The third-order valence-corrected chi connectivity index (χ3v) is 3.92. The van der Waals surface area contributed by atoms with Crippen molar-refractivity contribution in [2.24, 2.45) is 0 Å². The zero-order valence-electron chi connectivity index (χ0n) is 13.7.